The van der Waals surface area contributed by atoms with Crippen molar-refractivity contribution in [3.63, 3.8) is 0 Å². The second-order valence-electron chi connectivity index (χ2n) is 4.39. The molecule has 0 heterocycles. The molecule has 0 unspecified atom stereocenters. The van der Waals surface area contributed by atoms with Crippen LogP contribution in [0.15, 0.2) is 24.3 Å². The average molecular weight is 281 g/mol. The lowest BCUT2D eigenvalue weighted by Crippen LogP contribution is -2.25. The molecule has 0 aliphatic heterocycles. The summed E-state index contributed by atoms with van der Waals surface area (Å²) in [7, 11) is 0. The summed E-state index contributed by atoms with van der Waals surface area (Å²) in [6, 6.07) is 6.79. The van der Waals surface area contributed by atoms with Crippen LogP contribution in [0.2, 0.25) is 0 Å². The quantitative estimate of drug-likeness (QED) is 0.785. The van der Waals surface area contributed by atoms with Gasteiger partial charge in [0.1, 0.15) is 0 Å². The van der Waals surface area contributed by atoms with Crippen molar-refractivity contribution < 1.29 is 14.7 Å². The van der Waals surface area contributed by atoms with Gasteiger partial charge in [-0.15, -0.1) is 11.8 Å². The van der Waals surface area contributed by atoms with Gasteiger partial charge in [0.2, 0.25) is 5.91 Å². The molecule has 0 aromatic heterocycles. The van der Waals surface area contributed by atoms with E-state index in [1.165, 1.54) is 18.7 Å². The largest absolute Gasteiger partial charge is 0.395 e. The summed E-state index contributed by atoms with van der Waals surface area (Å²) >= 11 is 1.42. The lowest BCUT2D eigenvalue weighted by molar-refractivity contribution is -0.115. The lowest BCUT2D eigenvalue weighted by atomic mass is 10.1. The van der Waals surface area contributed by atoms with Gasteiger partial charge in [0.25, 0.3) is 0 Å². The van der Waals surface area contributed by atoms with E-state index in [9.17, 15) is 9.59 Å². The Hall–Kier alpha value is -1.33. The van der Waals surface area contributed by atoms with Crippen LogP contribution in [0.5, 0.6) is 0 Å². The molecule has 1 aromatic carbocycles. The number of amides is 1. The Balaban J connectivity index is 2.59. The van der Waals surface area contributed by atoms with Crippen LogP contribution >= 0.6 is 11.8 Å². The number of anilines is 1. The number of hydrogen-bond donors (Lipinski definition) is 2. The summed E-state index contributed by atoms with van der Waals surface area (Å²) in [6.07, 6.45) is 0. The van der Waals surface area contributed by atoms with Crippen molar-refractivity contribution >= 4 is 29.1 Å². The van der Waals surface area contributed by atoms with Gasteiger partial charge in [0.15, 0.2) is 5.78 Å². The van der Waals surface area contributed by atoms with E-state index in [4.69, 9.17) is 5.11 Å². The minimum absolute atomic E-state index is 0.00132. The Bertz CT molecular complexity index is 445. The number of ketones is 1. The summed E-state index contributed by atoms with van der Waals surface area (Å²) < 4.78 is 0. The molecule has 0 bridgehead atoms. The van der Waals surface area contributed by atoms with Crippen molar-refractivity contribution in [2.75, 3.05) is 11.9 Å². The molecule has 2 atom stereocenters. The Morgan fingerprint density at radius 1 is 1.26 bits per heavy atom. The summed E-state index contributed by atoms with van der Waals surface area (Å²) in [5.41, 5.74) is 1.29. The maximum atomic E-state index is 11.9. The van der Waals surface area contributed by atoms with Gasteiger partial charge in [-0.25, -0.2) is 0 Å². The summed E-state index contributed by atoms with van der Waals surface area (Å²) in [5, 5.41) is 11.5. The van der Waals surface area contributed by atoms with Gasteiger partial charge in [-0.2, -0.15) is 0 Å². The molecule has 104 valence electrons. The number of benzene rings is 1. The molecule has 0 radical (unpaired) electrons. The smallest absolute Gasteiger partial charge is 0.237 e. The van der Waals surface area contributed by atoms with Gasteiger partial charge in [0.05, 0.1) is 11.9 Å². The van der Waals surface area contributed by atoms with Gasteiger partial charge >= 0.3 is 0 Å². The normalized spacial score (nSPS) is 13.7. The zero-order valence-corrected chi connectivity index (χ0v) is 12.2. The first kappa shape index (κ1) is 15.7. The highest BCUT2D eigenvalue weighted by Gasteiger charge is 2.16. The van der Waals surface area contributed by atoms with Crippen LogP contribution in [-0.4, -0.2) is 33.9 Å². The summed E-state index contributed by atoms with van der Waals surface area (Å²) in [6.45, 7) is 5.23. The number of aliphatic hydroxyl groups is 1. The topological polar surface area (TPSA) is 66.4 Å². The average Bonchev–Trinajstić information content (AvgIpc) is 2.38. The number of carbonyl (C=O) groups excluding carboxylic acids is 2. The van der Waals surface area contributed by atoms with E-state index < -0.39 is 0 Å². The number of rotatable bonds is 6. The molecule has 1 rings (SSSR count). The second kappa shape index (κ2) is 7.31. The Morgan fingerprint density at radius 2 is 1.84 bits per heavy atom. The van der Waals surface area contributed by atoms with Crippen LogP contribution in [0.25, 0.3) is 0 Å². The molecule has 0 fully saturated rings. The number of carbonyl (C=O) groups is 2. The highest BCUT2D eigenvalue weighted by molar-refractivity contribution is 8.01. The molecule has 1 amide bonds. The van der Waals surface area contributed by atoms with Crippen molar-refractivity contribution in [2.45, 2.75) is 31.3 Å². The number of thioether (sulfide) groups is 1. The summed E-state index contributed by atoms with van der Waals surface area (Å²) in [4.78, 5) is 23.0. The third-order valence-electron chi connectivity index (χ3n) is 2.62. The zero-order chi connectivity index (χ0) is 14.4. The Labute approximate surface area is 117 Å². The number of nitrogens with one attached hydrogen (secondary N) is 1. The van der Waals surface area contributed by atoms with Gasteiger partial charge in [-0.05, 0) is 38.1 Å². The van der Waals surface area contributed by atoms with Crippen molar-refractivity contribution in [3.05, 3.63) is 29.8 Å². The fraction of sp³-hybridized carbons (Fsp3) is 0.429. The van der Waals surface area contributed by atoms with Crippen LogP contribution in [0.4, 0.5) is 5.69 Å². The SMILES string of the molecule is CC(=O)c1ccc(NC(=O)[C@@H](C)S[C@@H](C)CO)cc1. The molecule has 0 saturated heterocycles. The van der Waals surface area contributed by atoms with E-state index >= 15 is 0 Å². The maximum Gasteiger partial charge on any atom is 0.237 e. The van der Waals surface area contributed by atoms with Crippen molar-refractivity contribution in [2.24, 2.45) is 0 Å². The third kappa shape index (κ3) is 5.04. The highest BCUT2D eigenvalue weighted by Crippen LogP contribution is 2.19. The minimum Gasteiger partial charge on any atom is -0.395 e. The molecule has 19 heavy (non-hydrogen) atoms. The van der Waals surface area contributed by atoms with Gasteiger partial charge in [0, 0.05) is 16.5 Å². The predicted molar refractivity (Wildman–Crippen MR) is 78.7 cm³/mol. The van der Waals surface area contributed by atoms with E-state index in [0.29, 0.717) is 11.3 Å². The van der Waals surface area contributed by atoms with Crippen LogP contribution in [0.1, 0.15) is 31.1 Å². The van der Waals surface area contributed by atoms with Gasteiger partial charge < -0.3 is 10.4 Å². The molecular formula is C14H19NO3S. The minimum atomic E-state index is -0.241. The maximum absolute atomic E-state index is 11.9. The summed E-state index contributed by atoms with van der Waals surface area (Å²) in [5.74, 6) is -0.112. The van der Waals surface area contributed by atoms with Crippen molar-refractivity contribution in [3.8, 4) is 0 Å². The van der Waals surface area contributed by atoms with Gasteiger partial charge in [-0.1, -0.05) is 6.92 Å². The van der Waals surface area contributed by atoms with Crippen molar-refractivity contribution in [1.82, 2.24) is 0 Å². The van der Waals surface area contributed by atoms with Crippen LogP contribution in [0, 0.1) is 0 Å². The van der Waals surface area contributed by atoms with E-state index in [-0.39, 0.29) is 28.8 Å². The molecule has 0 aliphatic carbocycles. The molecule has 0 aliphatic rings. The predicted octanol–water partition coefficient (Wildman–Crippen LogP) is 2.33. The number of hydrogen-bond acceptors (Lipinski definition) is 4. The van der Waals surface area contributed by atoms with Crippen LogP contribution in [0.3, 0.4) is 0 Å². The highest BCUT2D eigenvalue weighted by atomic mass is 32.2. The van der Waals surface area contributed by atoms with E-state index in [1.54, 1.807) is 31.2 Å². The standard InChI is InChI=1S/C14H19NO3S/c1-9(8-16)19-11(3)14(18)15-13-6-4-12(5-7-13)10(2)17/h4-7,9,11,16H,8H2,1-3H3,(H,15,18)/t9-,11+/m0/s1. The Morgan fingerprint density at radius 3 is 2.32 bits per heavy atom. The lowest BCUT2D eigenvalue weighted by Gasteiger charge is -2.15. The second-order valence-corrected chi connectivity index (χ2v) is 6.18. The van der Waals surface area contributed by atoms with Crippen LogP contribution < -0.4 is 5.32 Å². The molecule has 0 spiro atoms. The first-order valence-corrected chi connectivity index (χ1v) is 7.06. The fourth-order valence-corrected chi connectivity index (χ4v) is 2.45. The molecule has 2 N–H and O–H groups in total. The molecule has 0 saturated carbocycles. The van der Waals surface area contributed by atoms with E-state index in [0.717, 1.165) is 0 Å². The van der Waals surface area contributed by atoms with E-state index in [1.807, 2.05) is 6.92 Å². The first-order valence-electron chi connectivity index (χ1n) is 6.12. The Kier molecular flexibility index (Phi) is 6.05. The fourth-order valence-electron chi connectivity index (χ4n) is 1.49. The molecule has 1 aromatic rings. The number of Topliss-reactive ketones (excluding diaryl/α,β-unsaturated/α-hetero) is 1. The first-order chi connectivity index (χ1) is 8.93. The monoisotopic (exact) mass is 281 g/mol. The van der Waals surface area contributed by atoms with Crippen LogP contribution in [-0.2, 0) is 4.79 Å². The van der Waals surface area contributed by atoms with Crippen molar-refractivity contribution in [1.29, 1.82) is 0 Å². The molecule has 5 heteroatoms. The molecular weight excluding hydrogens is 262 g/mol. The zero-order valence-electron chi connectivity index (χ0n) is 11.3. The van der Waals surface area contributed by atoms with E-state index in [2.05, 4.69) is 5.32 Å². The third-order valence-corrected chi connectivity index (χ3v) is 3.86. The number of aliphatic hydroxyl groups excluding tert-OH is 1. The van der Waals surface area contributed by atoms with Gasteiger partial charge in [-0.3, -0.25) is 9.59 Å². The molecule has 4 nitrogen and oxygen atoms in total.